The summed E-state index contributed by atoms with van der Waals surface area (Å²) in [5.41, 5.74) is 1.33. The van der Waals surface area contributed by atoms with Gasteiger partial charge in [0.1, 0.15) is 0 Å². The van der Waals surface area contributed by atoms with Crippen molar-refractivity contribution < 1.29 is 4.79 Å². The van der Waals surface area contributed by atoms with E-state index in [0.29, 0.717) is 17.7 Å². The molecule has 0 fully saturated rings. The predicted octanol–water partition coefficient (Wildman–Crippen LogP) is 2.41. The van der Waals surface area contributed by atoms with E-state index in [2.05, 4.69) is 6.58 Å². The summed E-state index contributed by atoms with van der Waals surface area (Å²) >= 11 is 0. The lowest BCUT2D eigenvalue weighted by molar-refractivity contribution is 0.102. The predicted molar refractivity (Wildman–Crippen MR) is 65.7 cm³/mol. The largest absolute Gasteiger partial charge is 0.305 e. The number of Topliss-reactive ketones (excluding diaryl/α,β-unsaturated/α-hetero) is 1. The highest BCUT2D eigenvalue weighted by molar-refractivity contribution is 6.08. The summed E-state index contributed by atoms with van der Waals surface area (Å²) in [6.07, 6.45) is 0. The molecule has 0 saturated heterocycles. The molecule has 1 rings (SSSR count). The number of halogens is 1. The highest BCUT2D eigenvalue weighted by Gasteiger charge is 2.09. The molecule has 15 heavy (non-hydrogen) atoms. The Balaban J connectivity index is 0.00000196. The topological polar surface area (TPSA) is 20.3 Å². The van der Waals surface area contributed by atoms with Crippen LogP contribution in [-0.2, 0) is 0 Å². The third-order valence-electron chi connectivity index (χ3n) is 1.86. The molecule has 0 aliphatic heterocycles. The van der Waals surface area contributed by atoms with Crippen LogP contribution in [0.2, 0.25) is 0 Å². The van der Waals surface area contributed by atoms with Crippen molar-refractivity contribution >= 4 is 18.2 Å². The number of hydrogen-bond acceptors (Lipinski definition) is 2. The van der Waals surface area contributed by atoms with Gasteiger partial charge in [-0.3, -0.25) is 4.79 Å². The summed E-state index contributed by atoms with van der Waals surface area (Å²) in [6, 6.07) is 9.23. The average molecular weight is 226 g/mol. The monoisotopic (exact) mass is 225 g/mol. The van der Waals surface area contributed by atoms with Gasteiger partial charge < -0.3 is 4.90 Å². The van der Waals surface area contributed by atoms with Crippen LogP contribution in [0.5, 0.6) is 0 Å². The number of likely N-dealkylation sites (N-methyl/N-ethyl adjacent to an activating group) is 1. The molecule has 0 saturated carbocycles. The van der Waals surface area contributed by atoms with Crippen LogP contribution < -0.4 is 0 Å². The maximum Gasteiger partial charge on any atom is 0.189 e. The zero-order valence-corrected chi connectivity index (χ0v) is 9.88. The van der Waals surface area contributed by atoms with Gasteiger partial charge in [-0.15, -0.1) is 12.4 Å². The Kier molecular flexibility index (Phi) is 5.90. The second-order valence-electron chi connectivity index (χ2n) is 3.54. The SMILES string of the molecule is C=C(CN(C)C)C(=O)c1ccccc1.Cl. The van der Waals surface area contributed by atoms with Gasteiger partial charge in [0, 0.05) is 17.7 Å². The van der Waals surface area contributed by atoms with E-state index in [9.17, 15) is 4.79 Å². The minimum absolute atomic E-state index is 0. The molecule has 0 radical (unpaired) electrons. The number of benzene rings is 1. The van der Waals surface area contributed by atoms with Crippen molar-refractivity contribution in [3.8, 4) is 0 Å². The first-order valence-electron chi connectivity index (χ1n) is 4.53. The lowest BCUT2D eigenvalue weighted by atomic mass is 10.0. The number of nitrogens with zero attached hydrogens (tertiary/aromatic N) is 1. The van der Waals surface area contributed by atoms with Gasteiger partial charge in [-0.05, 0) is 14.1 Å². The lowest BCUT2D eigenvalue weighted by Gasteiger charge is -2.10. The lowest BCUT2D eigenvalue weighted by Crippen LogP contribution is -2.19. The van der Waals surface area contributed by atoms with Gasteiger partial charge in [-0.2, -0.15) is 0 Å². The summed E-state index contributed by atoms with van der Waals surface area (Å²) in [6.45, 7) is 4.38. The van der Waals surface area contributed by atoms with Crippen molar-refractivity contribution in [2.45, 2.75) is 0 Å². The first-order valence-corrected chi connectivity index (χ1v) is 4.53. The minimum Gasteiger partial charge on any atom is -0.305 e. The Morgan fingerprint density at radius 3 is 2.27 bits per heavy atom. The third-order valence-corrected chi connectivity index (χ3v) is 1.86. The van der Waals surface area contributed by atoms with Gasteiger partial charge >= 0.3 is 0 Å². The summed E-state index contributed by atoms with van der Waals surface area (Å²) < 4.78 is 0. The normalized spacial score (nSPS) is 9.53. The fraction of sp³-hybridized carbons (Fsp3) is 0.250. The molecule has 0 aromatic heterocycles. The number of rotatable bonds is 4. The molecular weight excluding hydrogens is 210 g/mol. The maximum atomic E-state index is 11.8. The van der Waals surface area contributed by atoms with Crippen LogP contribution in [0.15, 0.2) is 42.5 Å². The second kappa shape index (κ2) is 6.38. The molecule has 0 aliphatic carbocycles. The molecule has 1 aromatic carbocycles. The van der Waals surface area contributed by atoms with Crippen LogP contribution >= 0.6 is 12.4 Å². The Morgan fingerprint density at radius 2 is 1.80 bits per heavy atom. The van der Waals surface area contributed by atoms with Crippen LogP contribution in [0.4, 0.5) is 0 Å². The highest BCUT2D eigenvalue weighted by Crippen LogP contribution is 2.06. The first kappa shape index (κ1) is 13.9. The molecule has 0 unspecified atom stereocenters. The molecule has 0 amide bonds. The van der Waals surface area contributed by atoms with E-state index in [1.54, 1.807) is 0 Å². The number of carbonyl (C=O) groups is 1. The van der Waals surface area contributed by atoms with Crippen LogP contribution in [0.3, 0.4) is 0 Å². The zero-order chi connectivity index (χ0) is 10.6. The number of ketones is 1. The standard InChI is InChI=1S/C12H15NO.ClH/c1-10(9-13(2)3)12(14)11-7-5-4-6-8-11;/h4-8H,1,9H2,2-3H3;1H. The summed E-state index contributed by atoms with van der Waals surface area (Å²) in [4.78, 5) is 13.7. The van der Waals surface area contributed by atoms with Crippen molar-refractivity contribution in [3.63, 3.8) is 0 Å². The quantitative estimate of drug-likeness (QED) is 0.580. The molecule has 0 bridgehead atoms. The fourth-order valence-corrected chi connectivity index (χ4v) is 1.25. The van der Waals surface area contributed by atoms with Crippen LogP contribution in [0.1, 0.15) is 10.4 Å². The van der Waals surface area contributed by atoms with Gasteiger partial charge in [0.15, 0.2) is 5.78 Å². The van der Waals surface area contributed by atoms with Gasteiger partial charge in [0.05, 0.1) is 0 Å². The molecule has 0 heterocycles. The molecule has 1 aromatic rings. The van der Waals surface area contributed by atoms with Crippen molar-refractivity contribution in [3.05, 3.63) is 48.0 Å². The number of carbonyl (C=O) groups excluding carboxylic acids is 1. The molecule has 3 heteroatoms. The average Bonchev–Trinajstić information content (AvgIpc) is 2.17. The van der Waals surface area contributed by atoms with Gasteiger partial charge in [-0.25, -0.2) is 0 Å². The van der Waals surface area contributed by atoms with Crippen LogP contribution in [0.25, 0.3) is 0 Å². The van der Waals surface area contributed by atoms with Crippen LogP contribution in [-0.4, -0.2) is 31.3 Å². The Labute approximate surface area is 97.0 Å². The van der Waals surface area contributed by atoms with E-state index in [-0.39, 0.29) is 18.2 Å². The van der Waals surface area contributed by atoms with E-state index >= 15 is 0 Å². The molecule has 82 valence electrons. The van der Waals surface area contributed by atoms with E-state index in [0.717, 1.165) is 0 Å². The van der Waals surface area contributed by atoms with E-state index in [1.807, 2.05) is 49.3 Å². The van der Waals surface area contributed by atoms with E-state index < -0.39 is 0 Å². The molecule has 0 spiro atoms. The fourth-order valence-electron chi connectivity index (χ4n) is 1.25. The van der Waals surface area contributed by atoms with E-state index in [4.69, 9.17) is 0 Å². The van der Waals surface area contributed by atoms with Crippen LogP contribution in [0, 0.1) is 0 Å². The van der Waals surface area contributed by atoms with Crippen molar-refractivity contribution in [1.82, 2.24) is 4.90 Å². The molecule has 2 nitrogen and oxygen atoms in total. The second-order valence-corrected chi connectivity index (χ2v) is 3.54. The summed E-state index contributed by atoms with van der Waals surface area (Å²) in [5, 5.41) is 0. The summed E-state index contributed by atoms with van der Waals surface area (Å²) in [5.74, 6) is 0.0271. The van der Waals surface area contributed by atoms with Gasteiger partial charge in [0.25, 0.3) is 0 Å². The minimum atomic E-state index is 0. The van der Waals surface area contributed by atoms with E-state index in [1.165, 1.54) is 0 Å². The van der Waals surface area contributed by atoms with Crippen molar-refractivity contribution in [2.75, 3.05) is 20.6 Å². The van der Waals surface area contributed by atoms with Crippen molar-refractivity contribution in [1.29, 1.82) is 0 Å². The third kappa shape index (κ3) is 4.28. The zero-order valence-electron chi connectivity index (χ0n) is 9.06. The van der Waals surface area contributed by atoms with Crippen molar-refractivity contribution in [2.24, 2.45) is 0 Å². The maximum absolute atomic E-state index is 11.8. The molecule has 0 aliphatic rings. The number of hydrogen-bond donors (Lipinski definition) is 0. The van der Waals surface area contributed by atoms with Gasteiger partial charge in [0.2, 0.25) is 0 Å². The van der Waals surface area contributed by atoms with Gasteiger partial charge in [-0.1, -0.05) is 36.9 Å². The Hall–Kier alpha value is -1.12. The smallest absolute Gasteiger partial charge is 0.189 e. The Morgan fingerprint density at radius 1 is 1.27 bits per heavy atom. The summed E-state index contributed by atoms with van der Waals surface area (Å²) in [7, 11) is 3.84. The molecular formula is C12H16ClNO. The molecule has 0 N–H and O–H groups in total. The molecule has 0 atom stereocenters. The first-order chi connectivity index (χ1) is 6.61. The Bertz CT molecular complexity index is 333. The highest BCUT2D eigenvalue weighted by atomic mass is 35.5.